The van der Waals surface area contributed by atoms with Gasteiger partial charge in [-0.05, 0) is 26.7 Å². The Kier molecular flexibility index (Phi) is 5.73. The molecule has 0 aromatic rings. The summed E-state index contributed by atoms with van der Waals surface area (Å²) in [6.45, 7) is 3.63. The van der Waals surface area contributed by atoms with Gasteiger partial charge in [0.2, 0.25) is 11.8 Å². The molecule has 0 spiro atoms. The van der Waals surface area contributed by atoms with Crippen LogP contribution in [-0.2, 0) is 14.4 Å². The number of carboxylic acid groups (broad SMARTS) is 1. The van der Waals surface area contributed by atoms with Gasteiger partial charge in [-0.1, -0.05) is 12.2 Å². The number of likely N-dealkylation sites (N-methyl/N-ethyl adjacent to an activating group) is 1. The average molecular weight is 282 g/mol. The lowest BCUT2D eigenvalue weighted by Crippen LogP contribution is -2.45. The van der Waals surface area contributed by atoms with Crippen molar-refractivity contribution in [1.29, 1.82) is 0 Å². The Bertz CT molecular complexity index is 417. The summed E-state index contributed by atoms with van der Waals surface area (Å²) in [7, 11) is 1.53. The smallest absolute Gasteiger partial charge is 0.307 e. The standard InChI is InChI=1S/C14H22N2O4/c1-9(2)15-12(17)8-16(3)13(18)10-6-4-5-7-11(10)14(19)20/h4-5,9-11H,6-8H2,1-3H3,(H,15,17)(H,19,20). The van der Waals surface area contributed by atoms with E-state index in [4.69, 9.17) is 5.11 Å². The molecule has 2 unspecified atom stereocenters. The van der Waals surface area contributed by atoms with E-state index in [-0.39, 0.29) is 24.4 Å². The Morgan fingerprint density at radius 1 is 1.25 bits per heavy atom. The van der Waals surface area contributed by atoms with Gasteiger partial charge in [0.15, 0.2) is 0 Å². The third-order valence-corrected chi connectivity index (χ3v) is 3.27. The molecule has 2 N–H and O–H groups in total. The zero-order valence-electron chi connectivity index (χ0n) is 12.1. The van der Waals surface area contributed by atoms with Gasteiger partial charge >= 0.3 is 5.97 Å². The summed E-state index contributed by atoms with van der Waals surface area (Å²) < 4.78 is 0. The Labute approximate surface area is 118 Å². The molecule has 112 valence electrons. The average Bonchev–Trinajstić information content (AvgIpc) is 2.36. The highest BCUT2D eigenvalue weighted by molar-refractivity contribution is 5.88. The van der Waals surface area contributed by atoms with E-state index in [1.165, 1.54) is 11.9 Å². The van der Waals surface area contributed by atoms with Crippen molar-refractivity contribution in [3.05, 3.63) is 12.2 Å². The number of amides is 2. The molecule has 0 saturated carbocycles. The van der Waals surface area contributed by atoms with Crippen LogP contribution in [0, 0.1) is 11.8 Å². The van der Waals surface area contributed by atoms with E-state index in [0.29, 0.717) is 12.8 Å². The van der Waals surface area contributed by atoms with Gasteiger partial charge in [0.05, 0.1) is 18.4 Å². The fraction of sp³-hybridized carbons (Fsp3) is 0.643. The van der Waals surface area contributed by atoms with E-state index in [0.717, 1.165) is 0 Å². The Balaban J connectivity index is 2.65. The quantitative estimate of drug-likeness (QED) is 0.724. The van der Waals surface area contributed by atoms with Crippen LogP contribution in [0.5, 0.6) is 0 Å². The Hall–Kier alpha value is -1.85. The van der Waals surface area contributed by atoms with Crippen molar-refractivity contribution in [3.8, 4) is 0 Å². The first-order chi connectivity index (χ1) is 9.32. The summed E-state index contributed by atoms with van der Waals surface area (Å²) in [6, 6.07) is 0.00961. The van der Waals surface area contributed by atoms with Crippen LogP contribution in [0.25, 0.3) is 0 Å². The van der Waals surface area contributed by atoms with E-state index in [1.54, 1.807) is 6.08 Å². The highest BCUT2D eigenvalue weighted by atomic mass is 16.4. The molecular weight excluding hydrogens is 260 g/mol. The number of nitrogens with one attached hydrogen (secondary N) is 1. The van der Waals surface area contributed by atoms with Crippen molar-refractivity contribution >= 4 is 17.8 Å². The Morgan fingerprint density at radius 2 is 1.80 bits per heavy atom. The van der Waals surface area contributed by atoms with Crippen LogP contribution < -0.4 is 5.32 Å². The zero-order chi connectivity index (χ0) is 15.3. The van der Waals surface area contributed by atoms with E-state index in [9.17, 15) is 14.4 Å². The second-order valence-electron chi connectivity index (χ2n) is 5.41. The summed E-state index contributed by atoms with van der Waals surface area (Å²) in [5.74, 6) is -2.79. The fourth-order valence-electron chi connectivity index (χ4n) is 2.30. The van der Waals surface area contributed by atoms with Gasteiger partial charge in [-0.2, -0.15) is 0 Å². The van der Waals surface area contributed by atoms with Gasteiger partial charge in [0.25, 0.3) is 0 Å². The maximum absolute atomic E-state index is 12.3. The van der Waals surface area contributed by atoms with Crippen LogP contribution in [0.4, 0.5) is 0 Å². The van der Waals surface area contributed by atoms with Crippen molar-refractivity contribution in [2.24, 2.45) is 11.8 Å². The summed E-state index contributed by atoms with van der Waals surface area (Å²) in [5, 5.41) is 11.9. The first-order valence-electron chi connectivity index (χ1n) is 6.75. The molecule has 0 bridgehead atoms. The SMILES string of the molecule is CC(C)NC(=O)CN(C)C(=O)C1CC=CCC1C(=O)O. The Morgan fingerprint density at radius 3 is 2.30 bits per heavy atom. The largest absolute Gasteiger partial charge is 0.481 e. The van der Waals surface area contributed by atoms with Crippen molar-refractivity contribution in [2.75, 3.05) is 13.6 Å². The molecule has 1 aliphatic rings. The molecule has 0 fully saturated rings. The zero-order valence-corrected chi connectivity index (χ0v) is 12.1. The lowest BCUT2D eigenvalue weighted by Gasteiger charge is -2.28. The van der Waals surface area contributed by atoms with Crippen molar-refractivity contribution in [3.63, 3.8) is 0 Å². The molecule has 0 aromatic carbocycles. The molecule has 6 heteroatoms. The molecular formula is C14H22N2O4. The molecule has 1 rings (SSSR count). The number of hydrogen-bond donors (Lipinski definition) is 2. The van der Waals surface area contributed by atoms with Crippen LogP contribution >= 0.6 is 0 Å². The predicted molar refractivity (Wildman–Crippen MR) is 73.9 cm³/mol. The van der Waals surface area contributed by atoms with Gasteiger partial charge in [-0.25, -0.2) is 0 Å². The maximum atomic E-state index is 12.3. The molecule has 0 heterocycles. The minimum absolute atomic E-state index is 0.00961. The van der Waals surface area contributed by atoms with E-state index >= 15 is 0 Å². The normalized spacial score (nSPS) is 21.6. The monoisotopic (exact) mass is 282 g/mol. The van der Waals surface area contributed by atoms with Crippen LogP contribution in [0.3, 0.4) is 0 Å². The third-order valence-electron chi connectivity index (χ3n) is 3.27. The van der Waals surface area contributed by atoms with Gasteiger partial charge in [0, 0.05) is 13.1 Å². The molecule has 6 nitrogen and oxygen atoms in total. The lowest BCUT2D eigenvalue weighted by atomic mass is 9.82. The minimum Gasteiger partial charge on any atom is -0.481 e. The highest BCUT2D eigenvalue weighted by Gasteiger charge is 2.35. The summed E-state index contributed by atoms with van der Waals surface area (Å²) in [4.78, 5) is 36.4. The van der Waals surface area contributed by atoms with Gasteiger partial charge in [-0.3, -0.25) is 14.4 Å². The van der Waals surface area contributed by atoms with E-state index in [1.807, 2.05) is 19.9 Å². The number of allylic oxidation sites excluding steroid dienone is 2. The number of carbonyl (C=O) groups is 3. The molecule has 0 radical (unpaired) electrons. The fourth-order valence-corrected chi connectivity index (χ4v) is 2.30. The summed E-state index contributed by atoms with van der Waals surface area (Å²) in [6.07, 6.45) is 4.38. The van der Waals surface area contributed by atoms with E-state index in [2.05, 4.69) is 5.32 Å². The van der Waals surface area contributed by atoms with Gasteiger partial charge in [0.1, 0.15) is 0 Å². The predicted octanol–water partition coefficient (Wildman–Crippen LogP) is 0.636. The van der Waals surface area contributed by atoms with Crippen LogP contribution in [-0.4, -0.2) is 47.4 Å². The molecule has 1 aliphatic carbocycles. The van der Waals surface area contributed by atoms with Crippen LogP contribution in [0.1, 0.15) is 26.7 Å². The summed E-state index contributed by atoms with van der Waals surface area (Å²) in [5.41, 5.74) is 0. The van der Waals surface area contributed by atoms with Crippen LogP contribution in [0.2, 0.25) is 0 Å². The second kappa shape index (κ2) is 7.07. The molecule has 2 amide bonds. The maximum Gasteiger partial charge on any atom is 0.307 e. The van der Waals surface area contributed by atoms with Gasteiger partial charge in [-0.15, -0.1) is 0 Å². The topological polar surface area (TPSA) is 86.7 Å². The lowest BCUT2D eigenvalue weighted by molar-refractivity contribution is -0.150. The highest BCUT2D eigenvalue weighted by Crippen LogP contribution is 2.27. The van der Waals surface area contributed by atoms with Gasteiger partial charge < -0.3 is 15.3 Å². The number of nitrogens with zero attached hydrogens (tertiary/aromatic N) is 1. The van der Waals surface area contributed by atoms with Crippen LogP contribution in [0.15, 0.2) is 12.2 Å². The second-order valence-corrected chi connectivity index (χ2v) is 5.41. The molecule has 0 aromatic heterocycles. The minimum atomic E-state index is -0.965. The van der Waals surface area contributed by atoms with Crippen molar-refractivity contribution < 1.29 is 19.5 Å². The number of hydrogen-bond acceptors (Lipinski definition) is 3. The first-order valence-corrected chi connectivity index (χ1v) is 6.75. The molecule has 2 atom stereocenters. The number of rotatable bonds is 5. The summed E-state index contributed by atoms with van der Waals surface area (Å²) >= 11 is 0. The third kappa shape index (κ3) is 4.36. The molecule has 0 aliphatic heterocycles. The molecule has 20 heavy (non-hydrogen) atoms. The number of aliphatic carboxylic acids is 1. The first kappa shape index (κ1) is 16.2. The molecule has 0 saturated heterocycles. The van der Waals surface area contributed by atoms with E-state index < -0.39 is 17.8 Å². The number of carboxylic acids is 1. The number of carbonyl (C=O) groups excluding carboxylic acids is 2. The van der Waals surface area contributed by atoms with Crippen molar-refractivity contribution in [1.82, 2.24) is 10.2 Å². The van der Waals surface area contributed by atoms with Crippen molar-refractivity contribution in [2.45, 2.75) is 32.7 Å².